The van der Waals surface area contributed by atoms with Crippen LogP contribution in [-0.4, -0.2) is 84.0 Å². The van der Waals surface area contributed by atoms with Gasteiger partial charge in [-0.05, 0) is 25.8 Å². The van der Waals surface area contributed by atoms with E-state index in [4.69, 9.17) is 6.42 Å². The number of hydrogen-bond acceptors (Lipinski definition) is 8. The minimum Gasteiger partial charge on any atom is -0.381 e. The fourth-order valence-corrected chi connectivity index (χ4v) is 5.47. The highest BCUT2D eigenvalue weighted by atomic mass is 32.2. The molecule has 35 heavy (non-hydrogen) atoms. The summed E-state index contributed by atoms with van der Waals surface area (Å²) >= 11 is 2.56. The molecule has 1 saturated heterocycles. The summed E-state index contributed by atoms with van der Waals surface area (Å²) in [7, 11) is 0. The molecule has 0 unspecified atom stereocenters. The van der Waals surface area contributed by atoms with E-state index in [1.165, 1.54) is 23.0 Å². The molecule has 1 fully saturated rings. The number of rotatable bonds is 10. The van der Waals surface area contributed by atoms with Crippen LogP contribution in [-0.2, 0) is 20.8 Å². The predicted molar refractivity (Wildman–Crippen MR) is 134 cm³/mol. The van der Waals surface area contributed by atoms with E-state index in [9.17, 15) is 19.5 Å². The SMILES string of the molecule is C#CCNC(=O)[C@H]1N(C(=O)[C@@H](O)[C@H](Cc2ccccc2)NC(=O)CSc2nc[nH]n2)CSC1(C)C. The molecule has 2 aromatic rings. The van der Waals surface area contributed by atoms with Gasteiger partial charge in [-0.2, -0.15) is 0 Å². The molecule has 3 atom stereocenters. The Balaban J connectivity index is 1.76. The highest BCUT2D eigenvalue weighted by molar-refractivity contribution is 8.01. The lowest BCUT2D eigenvalue weighted by molar-refractivity contribution is -0.147. The van der Waals surface area contributed by atoms with Crippen LogP contribution in [0.4, 0.5) is 0 Å². The van der Waals surface area contributed by atoms with Crippen LogP contribution in [0.25, 0.3) is 0 Å². The zero-order chi connectivity index (χ0) is 25.4. The normalized spacial score (nSPS) is 18.3. The van der Waals surface area contributed by atoms with Crippen molar-refractivity contribution in [3.05, 3.63) is 42.2 Å². The maximum Gasteiger partial charge on any atom is 0.254 e. The molecular formula is C23H28N6O4S2. The van der Waals surface area contributed by atoms with Gasteiger partial charge in [0, 0.05) is 4.75 Å². The van der Waals surface area contributed by atoms with Crippen molar-refractivity contribution >= 4 is 41.2 Å². The first kappa shape index (κ1) is 26.6. The minimum absolute atomic E-state index is 0.00771. The Morgan fingerprint density at radius 3 is 2.77 bits per heavy atom. The Morgan fingerprint density at radius 1 is 1.37 bits per heavy atom. The number of carbonyl (C=O) groups is 3. The standard InChI is InChI=1S/C23H28N6O4S2/c1-4-10-24-20(32)19-23(2,3)35-14-29(19)21(33)18(31)16(11-15-8-6-5-7-9-15)27-17(30)12-34-22-25-13-26-28-22/h1,5-9,13,16,18-19,31H,10-12,14H2,2-3H3,(H,24,32)(H,27,30)(H,25,26,28)/t16-,18-,19+/m0/s1. The van der Waals surface area contributed by atoms with Crippen molar-refractivity contribution in [1.82, 2.24) is 30.7 Å². The van der Waals surface area contributed by atoms with E-state index >= 15 is 0 Å². The van der Waals surface area contributed by atoms with E-state index in [0.29, 0.717) is 5.16 Å². The van der Waals surface area contributed by atoms with Crippen molar-refractivity contribution in [2.24, 2.45) is 0 Å². The van der Waals surface area contributed by atoms with Crippen LogP contribution in [0.1, 0.15) is 19.4 Å². The lowest BCUT2D eigenvalue weighted by Gasteiger charge is -2.33. The largest absolute Gasteiger partial charge is 0.381 e. The quantitative estimate of drug-likeness (QED) is 0.263. The number of thioether (sulfide) groups is 2. The van der Waals surface area contributed by atoms with Crippen molar-refractivity contribution in [3.8, 4) is 12.3 Å². The van der Waals surface area contributed by atoms with Crippen molar-refractivity contribution in [2.45, 2.75) is 48.4 Å². The highest BCUT2D eigenvalue weighted by Crippen LogP contribution is 2.39. The van der Waals surface area contributed by atoms with Gasteiger partial charge in [0.25, 0.3) is 5.91 Å². The van der Waals surface area contributed by atoms with Gasteiger partial charge < -0.3 is 20.6 Å². The Morgan fingerprint density at radius 2 is 2.11 bits per heavy atom. The number of aromatic nitrogens is 3. The lowest BCUT2D eigenvalue weighted by Crippen LogP contribution is -2.58. The molecule has 3 amide bonds. The van der Waals surface area contributed by atoms with Crippen LogP contribution in [0, 0.1) is 12.3 Å². The van der Waals surface area contributed by atoms with Crippen LogP contribution >= 0.6 is 23.5 Å². The highest BCUT2D eigenvalue weighted by Gasteiger charge is 2.49. The number of terminal acetylenes is 1. The summed E-state index contributed by atoms with van der Waals surface area (Å²) in [5.74, 6) is 1.19. The number of nitrogens with zero attached hydrogens (tertiary/aromatic N) is 3. The Hall–Kier alpha value is -3.01. The number of hydrogen-bond donors (Lipinski definition) is 4. The summed E-state index contributed by atoms with van der Waals surface area (Å²) in [6, 6.07) is 7.51. The minimum atomic E-state index is -1.56. The molecule has 12 heteroatoms. The predicted octanol–water partition coefficient (Wildman–Crippen LogP) is 0.415. The summed E-state index contributed by atoms with van der Waals surface area (Å²) in [5, 5.41) is 23.4. The van der Waals surface area contributed by atoms with Crippen molar-refractivity contribution in [1.29, 1.82) is 0 Å². The summed E-state index contributed by atoms with van der Waals surface area (Å²) in [6.45, 7) is 3.76. The number of amides is 3. The maximum atomic E-state index is 13.4. The van der Waals surface area contributed by atoms with E-state index in [-0.39, 0.29) is 36.4 Å². The van der Waals surface area contributed by atoms with E-state index < -0.39 is 28.8 Å². The van der Waals surface area contributed by atoms with Gasteiger partial charge in [-0.15, -0.1) is 23.3 Å². The molecule has 0 spiro atoms. The molecule has 1 aromatic carbocycles. The van der Waals surface area contributed by atoms with Gasteiger partial charge in [0.15, 0.2) is 6.10 Å². The Kier molecular flexibility index (Phi) is 9.20. The molecule has 1 aliphatic rings. The summed E-state index contributed by atoms with van der Waals surface area (Å²) < 4.78 is -0.584. The van der Waals surface area contributed by atoms with Crippen LogP contribution in [0.5, 0.6) is 0 Å². The number of H-pyrrole nitrogens is 1. The third-order valence-electron chi connectivity index (χ3n) is 5.45. The molecule has 3 rings (SSSR count). The van der Waals surface area contributed by atoms with Crippen LogP contribution < -0.4 is 10.6 Å². The molecule has 0 aliphatic carbocycles. The van der Waals surface area contributed by atoms with Gasteiger partial charge >= 0.3 is 0 Å². The second kappa shape index (κ2) is 12.1. The molecular weight excluding hydrogens is 488 g/mol. The maximum absolute atomic E-state index is 13.4. The zero-order valence-corrected chi connectivity index (χ0v) is 21.1. The van der Waals surface area contributed by atoms with E-state index in [1.807, 2.05) is 44.2 Å². The number of benzene rings is 1. The van der Waals surface area contributed by atoms with E-state index in [1.54, 1.807) is 0 Å². The number of aromatic amines is 1. The molecule has 0 bridgehead atoms. The Bertz CT molecular complexity index is 1060. The number of carbonyl (C=O) groups excluding carboxylic acids is 3. The fraction of sp³-hybridized carbons (Fsp3) is 0.435. The second-order valence-electron chi connectivity index (χ2n) is 8.39. The summed E-state index contributed by atoms with van der Waals surface area (Å²) in [6.07, 6.45) is 5.33. The van der Waals surface area contributed by atoms with Crippen molar-refractivity contribution in [3.63, 3.8) is 0 Å². The number of aliphatic hydroxyl groups excluding tert-OH is 1. The molecule has 4 N–H and O–H groups in total. The van der Waals surface area contributed by atoms with Gasteiger partial charge in [0.05, 0.1) is 24.2 Å². The van der Waals surface area contributed by atoms with Crippen molar-refractivity contribution < 1.29 is 19.5 Å². The number of nitrogens with one attached hydrogen (secondary N) is 3. The van der Waals surface area contributed by atoms with Gasteiger partial charge in [-0.1, -0.05) is 48.0 Å². The molecule has 0 radical (unpaired) electrons. The van der Waals surface area contributed by atoms with Crippen LogP contribution in [0.3, 0.4) is 0 Å². The van der Waals surface area contributed by atoms with E-state index in [0.717, 1.165) is 17.3 Å². The number of aliphatic hydroxyl groups is 1. The summed E-state index contributed by atoms with van der Waals surface area (Å²) in [5.41, 5.74) is 0.839. The monoisotopic (exact) mass is 516 g/mol. The van der Waals surface area contributed by atoms with Gasteiger partial charge in [0.1, 0.15) is 12.4 Å². The molecule has 1 aromatic heterocycles. The zero-order valence-electron chi connectivity index (χ0n) is 19.4. The smallest absolute Gasteiger partial charge is 0.254 e. The molecule has 186 valence electrons. The van der Waals surface area contributed by atoms with Gasteiger partial charge in [0.2, 0.25) is 17.0 Å². The fourth-order valence-electron chi connectivity index (χ4n) is 3.74. The molecule has 0 saturated carbocycles. The second-order valence-corrected chi connectivity index (χ2v) is 10.9. The van der Waals surface area contributed by atoms with Crippen molar-refractivity contribution in [2.75, 3.05) is 18.2 Å². The molecule has 2 heterocycles. The Labute approximate surface area is 212 Å². The van der Waals surface area contributed by atoms with E-state index in [2.05, 4.69) is 31.7 Å². The van der Waals surface area contributed by atoms with Crippen LogP contribution in [0.2, 0.25) is 0 Å². The van der Waals surface area contributed by atoms with Gasteiger partial charge in [-0.25, -0.2) is 4.98 Å². The third kappa shape index (κ3) is 7.00. The average Bonchev–Trinajstić information content (AvgIpc) is 3.47. The van der Waals surface area contributed by atoms with Crippen LogP contribution in [0.15, 0.2) is 41.8 Å². The first-order valence-electron chi connectivity index (χ1n) is 10.9. The first-order valence-corrected chi connectivity index (χ1v) is 12.9. The van der Waals surface area contributed by atoms with Gasteiger partial charge in [-0.3, -0.25) is 19.5 Å². The summed E-state index contributed by atoms with van der Waals surface area (Å²) in [4.78, 5) is 44.2. The molecule has 10 nitrogen and oxygen atoms in total. The average molecular weight is 517 g/mol. The lowest BCUT2D eigenvalue weighted by atomic mass is 9.97. The molecule has 1 aliphatic heterocycles. The third-order valence-corrected chi connectivity index (χ3v) is 7.68. The first-order chi connectivity index (χ1) is 16.7. The topological polar surface area (TPSA) is 140 Å².